The third kappa shape index (κ3) is 3.75. The van der Waals surface area contributed by atoms with Crippen molar-refractivity contribution < 1.29 is 9.90 Å². The van der Waals surface area contributed by atoms with E-state index in [2.05, 4.69) is 10.3 Å². The topological polar surface area (TPSA) is 65.1 Å². The molecule has 5 heteroatoms. The van der Waals surface area contributed by atoms with Crippen LogP contribution in [0.4, 0.5) is 0 Å². The number of H-pyrrole nitrogens is 1. The second-order valence-corrected chi connectivity index (χ2v) is 5.41. The van der Waals surface area contributed by atoms with Crippen molar-refractivity contribution in [2.75, 3.05) is 24.7 Å². The second-order valence-electron chi connectivity index (χ2n) is 4.19. The number of fused-ring (bicyclic) bond motifs is 1. The molecule has 0 radical (unpaired) electrons. The quantitative estimate of drug-likeness (QED) is 0.679. The monoisotopic (exact) mass is 278 g/mol. The summed E-state index contributed by atoms with van der Waals surface area (Å²) in [6, 6.07) is 7.59. The zero-order valence-corrected chi connectivity index (χ0v) is 11.5. The van der Waals surface area contributed by atoms with Gasteiger partial charge in [-0.15, -0.1) is 0 Å². The molecule has 4 nitrogen and oxygen atoms in total. The molecule has 0 saturated heterocycles. The third-order valence-corrected chi connectivity index (χ3v) is 3.89. The van der Waals surface area contributed by atoms with Gasteiger partial charge < -0.3 is 15.4 Å². The number of aromatic amines is 1. The highest BCUT2D eigenvalue weighted by atomic mass is 32.2. The normalized spacial score (nSPS) is 10.8. The van der Waals surface area contributed by atoms with E-state index < -0.39 is 0 Å². The smallest absolute Gasteiger partial charge is 0.251 e. The SMILES string of the molecule is O=C(NCCSCCCO)c1cccc2[nH]ccc12. The van der Waals surface area contributed by atoms with Crippen LogP contribution in [0.5, 0.6) is 0 Å². The van der Waals surface area contributed by atoms with Gasteiger partial charge in [-0.2, -0.15) is 11.8 Å². The summed E-state index contributed by atoms with van der Waals surface area (Å²) in [7, 11) is 0. The first-order valence-corrected chi connectivity index (χ1v) is 7.51. The van der Waals surface area contributed by atoms with Gasteiger partial charge >= 0.3 is 0 Å². The van der Waals surface area contributed by atoms with E-state index in [-0.39, 0.29) is 12.5 Å². The minimum Gasteiger partial charge on any atom is -0.396 e. The molecule has 1 aromatic heterocycles. The second kappa shape index (κ2) is 7.21. The number of aromatic nitrogens is 1. The molecule has 0 fully saturated rings. The zero-order chi connectivity index (χ0) is 13.5. The van der Waals surface area contributed by atoms with Crippen LogP contribution in [0.1, 0.15) is 16.8 Å². The maximum Gasteiger partial charge on any atom is 0.251 e. The molecule has 0 aliphatic heterocycles. The minimum absolute atomic E-state index is 0.0343. The van der Waals surface area contributed by atoms with Gasteiger partial charge in [-0.1, -0.05) is 6.07 Å². The molecule has 2 rings (SSSR count). The molecule has 1 aromatic carbocycles. The van der Waals surface area contributed by atoms with Gasteiger partial charge in [-0.25, -0.2) is 0 Å². The number of carbonyl (C=O) groups excluding carboxylic acids is 1. The number of nitrogens with one attached hydrogen (secondary N) is 2. The first-order valence-electron chi connectivity index (χ1n) is 6.36. The van der Waals surface area contributed by atoms with Crippen LogP contribution in [-0.4, -0.2) is 40.7 Å². The van der Waals surface area contributed by atoms with Crippen molar-refractivity contribution in [1.29, 1.82) is 0 Å². The fraction of sp³-hybridized carbons (Fsp3) is 0.357. The van der Waals surface area contributed by atoms with Gasteiger partial charge in [0.2, 0.25) is 0 Å². The molecular weight excluding hydrogens is 260 g/mol. The van der Waals surface area contributed by atoms with Crippen molar-refractivity contribution in [3.05, 3.63) is 36.0 Å². The summed E-state index contributed by atoms with van der Waals surface area (Å²) in [4.78, 5) is 15.2. The van der Waals surface area contributed by atoms with Crippen LogP contribution in [0.3, 0.4) is 0 Å². The van der Waals surface area contributed by atoms with Crippen molar-refractivity contribution in [2.45, 2.75) is 6.42 Å². The molecule has 102 valence electrons. The van der Waals surface area contributed by atoms with Crippen LogP contribution in [0.2, 0.25) is 0 Å². The summed E-state index contributed by atoms with van der Waals surface area (Å²) in [6.45, 7) is 0.880. The van der Waals surface area contributed by atoms with E-state index in [4.69, 9.17) is 5.11 Å². The number of aliphatic hydroxyl groups excluding tert-OH is 1. The molecule has 0 saturated carbocycles. The number of benzene rings is 1. The lowest BCUT2D eigenvalue weighted by molar-refractivity contribution is 0.0958. The van der Waals surface area contributed by atoms with Gasteiger partial charge in [0.05, 0.1) is 0 Å². The highest BCUT2D eigenvalue weighted by Gasteiger charge is 2.09. The molecule has 1 heterocycles. The summed E-state index contributed by atoms with van der Waals surface area (Å²) < 4.78 is 0. The predicted molar refractivity (Wildman–Crippen MR) is 79.7 cm³/mol. The van der Waals surface area contributed by atoms with Crippen molar-refractivity contribution >= 4 is 28.6 Å². The average Bonchev–Trinajstić information content (AvgIpc) is 2.90. The van der Waals surface area contributed by atoms with E-state index in [0.29, 0.717) is 12.1 Å². The molecule has 0 bridgehead atoms. The van der Waals surface area contributed by atoms with Gasteiger partial charge in [0.1, 0.15) is 0 Å². The largest absolute Gasteiger partial charge is 0.396 e. The van der Waals surface area contributed by atoms with E-state index in [1.807, 2.05) is 30.5 Å². The molecule has 0 unspecified atom stereocenters. The van der Waals surface area contributed by atoms with Gasteiger partial charge in [-0.05, 0) is 30.4 Å². The molecule has 0 spiro atoms. The zero-order valence-electron chi connectivity index (χ0n) is 10.7. The number of hydrogen-bond donors (Lipinski definition) is 3. The van der Waals surface area contributed by atoms with Crippen LogP contribution in [0, 0.1) is 0 Å². The molecule has 0 aliphatic carbocycles. The van der Waals surface area contributed by atoms with E-state index in [1.165, 1.54) is 0 Å². The lowest BCUT2D eigenvalue weighted by Crippen LogP contribution is -2.25. The Morgan fingerprint density at radius 2 is 2.21 bits per heavy atom. The van der Waals surface area contributed by atoms with Crippen molar-refractivity contribution in [1.82, 2.24) is 10.3 Å². The lowest BCUT2D eigenvalue weighted by atomic mass is 10.1. The number of rotatable bonds is 7. The van der Waals surface area contributed by atoms with Gasteiger partial charge in [0.25, 0.3) is 5.91 Å². The highest BCUT2D eigenvalue weighted by Crippen LogP contribution is 2.17. The lowest BCUT2D eigenvalue weighted by Gasteiger charge is -2.06. The van der Waals surface area contributed by atoms with Crippen LogP contribution >= 0.6 is 11.8 Å². The predicted octanol–water partition coefficient (Wildman–Crippen LogP) is 2.01. The Bertz CT molecular complexity index is 539. The van der Waals surface area contributed by atoms with Gasteiger partial charge in [-0.3, -0.25) is 4.79 Å². The van der Waals surface area contributed by atoms with E-state index in [9.17, 15) is 4.79 Å². The summed E-state index contributed by atoms with van der Waals surface area (Å²) in [5.74, 6) is 1.77. The Morgan fingerprint density at radius 1 is 1.32 bits per heavy atom. The maximum absolute atomic E-state index is 12.1. The minimum atomic E-state index is -0.0343. The number of thioether (sulfide) groups is 1. The van der Waals surface area contributed by atoms with Crippen LogP contribution < -0.4 is 5.32 Å². The molecule has 1 amide bonds. The molecule has 3 N–H and O–H groups in total. The van der Waals surface area contributed by atoms with Crippen molar-refractivity contribution in [3.8, 4) is 0 Å². The fourth-order valence-electron chi connectivity index (χ4n) is 1.88. The number of hydrogen-bond acceptors (Lipinski definition) is 3. The van der Waals surface area contributed by atoms with Gasteiger partial charge in [0, 0.05) is 41.6 Å². The molecular formula is C14H18N2O2S. The van der Waals surface area contributed by atoms with Crippen molar-refractivity contribution in [2.24, 2.45) is 0 Å². The summed E-state index contributed by atoms with van der Waals surface area (Å²) >= 11 is 1.74. The third-order valence-electron chi connectivity index (χ3n) is 2.82. The summed E-state index contributed by atoms with van der Waals surface area (Å²) in [5.41, 5.74) is 1.68. The average molecular weight is 278 g/mol. The molecule has 0 aliphatic rings. The molecule has 19 heavy (non-hydrogen) atoms. The first-order chi connectivity index (χ1) is 9.33. The van der Waals surface area contributed by atoms with Crippen LogP contribution in [0.15, 0.2) is 30.5 Å². The Kier molecular flexibility index (Phi) is 5.30. The first kappa shape index (κ1) is 14.0. The Labute approximate surface area is 116 Å². The fourth-order valence-corrected chi connectivity index (χ4v) is 2.67. The number of carbonyl (C=O) groups is 1. The Balaban J connectivity index is 1.85. The summed E-state index contributed by atoms with van der Waals surface area (Å²) in [5, 5.41) is 12.5. The van der Waals surface area contributed by atoms with E-state index in [1.54, 1.807) is 11.8 Å². The Morgan fingerprint density at radius 3 is 3.05 bits per heavy atom. The highest BCUT2D eigenvalue weighted by molar-refractivity contribution is 7.99. The van der Waals surface area contributed by atoms with Crippen molar-refractivity contribution in [3.63, 3.8) is 0 Å². The van der Waals surface area contributed by atoms with E-state index >= 15 is 0 Å². The molecule has 0 atom stereocenters. The van der Waals surface area contributed by atoms with Crippen LogP contribution in [-0.2, 0) is 0 Å². The number of aliphatic hydroxyl groups is 1. The van der Waals surface area contributed by atoms with Gasteiger partial charge in [0.15, 0.2) is 0 Å². The standard InChI is InChI=1S/C14H18N2O2S/c17-8-2-9-19-10-7-16-14(18)12-3-1-4-13-11(12)5-6-15-13/h1,3-6,15,17H,2,7-10H2,(H,16,18). The molecule has 2 aromatic rings. The maximum atomic E-state index is 12.1. The Hall–Kier alpha value is -1.46. The van der Waals surface area contributed by atoms with E-state index in [0.717, 1.165) is 28.8 Å². The number of amides is 1. The summed E-state index contributed by atoms with van der Waals surface area (Å²) in [6.07, 6.45) is 2.65. The van der Waals surface area contributed by atoms with Crippen LogP contribution in [0.25, 0.3) is 10.9 Å².